The Labute approximate surface area is 237 Å². The van der Waals surface area contributed by atoms with E-state index in [-0.39, 0.29) is 22.2 Å². The molecule has 38 heavy (non-hydrogen) atoms. The van der Waals surface area contributed by atoms with E-state index < -0.39 is 0 Å². The van der Waals surface area contributed by atoms with Crippen molar-refractivity contribution in [2.24, 2.45) is 0 Å². The van der Waals surface area contributed by atoms with E-state index in [9.17, 15) is 4.79 Å². The molecule has 0 aliphatic heterocycles. The summed E-state index contributed by atoms with van der Waals surface area (Å²) in [5.74, 6) is 0.567. The fraction of sp³-hybridized carbons (Fsp3) is 0.214. The molecule has 0 unspecified atom stereocenters. The number of nitrogens with one attached hydrogen (secondary N) is 3. The van der Waals surface area contributed by atoms with E-state index in [0.29, 0.717) is 16.0 Å². The second-order valence-electron chi connectivity index (χ2n) is 9.73. The van der Waals surface area contributed by atoms with E-state index in [2.05, 4.69) is 71.4 Å². The zero-order chi connectivity index (χ0) is 27.3. The van der Waals surface area contributed by atoms with Crippen molar-refractivity contribution in [3.05, 3.63) is 88.9 Å². The zero-order valence-corrected chi connectivity index (χ0v) is 24.0. The minimum atomic E-state index is -0.259. The van der Waals surface area contributed by atoms with Crippen molar-refractivity contribution in [1.82, 2.24) is 25.6 Å². The van der Waals surface area contributed by atoms with Crippen molar-refractivity contribution in [3.63, 3.8) is 0 Å². The summed E-state index contributed by atoms with van der Waals surface area (Å²) in [6.07, 6.45) is 0. The lowest BCUT2D eigenvalue weighted by molar-refractivity contribution is -0.119. The summed E-state index contributed by atoms with van der Waals surface area (Å²) < 4.78 is 1.98. The molecule has 0 spiro atoms. The number of hydrogen-bond acceptors (Lipinski definition) is 5. The van der Waals surface area contributed by atoms with Crippen LogP contribution in [0.5, 0.6) is 0 Å². The number of carbonyl (C=O) groups excluding carboxylic acids is 1. The van der Waals surface area contributed by atoms with Gasteiger partial charge in [-0.3, -0.25) is 20.2 Å². The van der Waals surface area contributed by atoms with Gasteiger partial charge in [0, 0.05) is 22.0 Å². The molecular formula is C28H29ClN6OS2. The van der Waals surface area contributed by atoms with E-state index in [1.165, 1.54) is 17.3 Å². The number of hydrazine groups is 1. The first-order chi connectivity index (χ1) is 18.1. The van der Waals surface area contributed by atoms with Crippen LogP contribution in [0.4, 0.5) is 5.69 Å². The number of amides is 1. The highest BCUT2D eigenvalue weighted by atomic mass is 35.5. The van der Waals surface area contributed by atoms with Gasteiger partial charge in [-0.05, 0) is 66.5 Å². The molecule has 1 aromatic heterocycles. The van der Waals surface area contributed by atoms with Crippen LogP contribution in [-0.2, 0) is 10.2 Å². The molecule has 0 fully saturated rings. The first-order valence-electron chi connectivity index (χ1n) is 12.0. The molecule has 3 aromatic carbocycles. The van der Waals surface area contributed by atoms with E-state index in [4.69, 9.17) is 23.8 Å². The van der Waals surface area contributed by atoms with Crippen LogP contribution in [0.25, 0.3) is 17.1 Å². The number of hydrogen-bond donors (Lipinski definition) is 3. The topological polar surface area (TPSA) is 83.9 Å². The molecule has 196 valence electrons. The number of benzene rings is 3. The minimum absolute atomic E-state index is 0.0538. The third-order valence-corrected chi connectivity index (χ3v) is 7.07. The molecular weight excluding hydrogens is 536 g/mol. The Kier molecular flexibility index (Phi) is 8.71. The van der Waals surface area contributed by atoms with Gasteiger partial charge in [-0.25, -0.2) is 0 Å². The SMILES string of the molecule is Cc1ccc(-n2c(SCC(=O)NNC(=S)Nc3ccc(Cl)cc3)nnc2-c2ccc(C(C)(C)C)cc2)cc1. The van der Waals surface area contributed by atoms with Crippen molar-refractivity contribution < 1.29 is 4.79 Å². The third-order valence-electron chi connectivity index (χ3n) is 5.68. The molecule has 1 heterocycles. The normalized spacial score (nSPS) is 11.2. The maximum atomic E-state index is 12.6. The van der Waals surface area contributed by atoms with Gasteiger partial charge in [0.2, 0.25) is 5.91 Å². The lowest BCUT2D eigenvalue weighted by atomic mass is 9.87. The fourth-order valence-electron chi connectivity index (χ4n) is 3.58. The highest BCUT2D eigenvalue weighted by Gasteiger charge is 2.19. The standard InChI is InChI=1S/C28H29ClN6OS2/c1-18-5-15-23(16-6-18)35-25(19-7-9-20(10-8-19)28(2,3)4)32-34-27(35)38-17-24(36)31-33-26(37)30-22-13-11-21(29)12-14-22/h5-16H,17H2,1-4H3,(H,31,36)(H2,30,33,37). The predicted molar refractivity (Wildman–Crippen MR) is 160 cm³/mol. The fourth-order valence-corrected chi connectivity index (χ4v) is 4.63. The highest BCUT2D eigenvalue weighted by molar-refractivity contribution is 7.99. The molecule has 4 aromatic rings. The lowest BCUT2D eigenvalue weighted by Gasteiger charge is -2.19. The minimum Gasteiger partial charge on any atom is -0.331 e. The van der Waals surface area contributed by atoms with Crippen LogP contribution in [-0.4, -0.2) is 31.5 Å². The Morgan fingerprint density at radius 3 is 2.24 bits per heavy atom. The Hall–Kier alpha value is -3.40. The van der Waals surface area contributed by atoms with Crippen molar-refractivity contribution in [2.75, 3.05) is 11.1 Å². The van der Waals surface area contributed by atoms with Gasteiger partial charge in [-0.1, -0.05) is 86.1 Å². The van der Waals surface area contributed by atoms with Crippen LogP contribution >= 0.6 is 35.6 Å². The van der Waals surface area contributed by atoms with Crippen LogP contribution in [0.15, 0.2) is 78.0 Å². The molecule has 10 heteroatoms. The number of carbonyl (C=O) groups is 1. The number of rotatable bonds is 6. The summed E-state index contributed by atoms with van der Waals surface area (Å²) in [7, 11) is 0. The average Bonchev–Trinajstić information content (AvgIpc) is 3.31. The van der Waals surface area contributed by atoms with Crippen LogP contribution < -0.4 is 16.2 Å². The van der Waals surface area contributed by atoms with E-state index in [0.717, 1.165) is 22.5 Å². The monoisotopic (exact) mass is 564 g/mol. The second-order valence-corrected chi connectivity index (χ2v) is 11.5. The quantitative estimate of drug-likeness (QED) is 0.144. The van der Waals surface area contributed by atoms with E-state index >= 15 is 0 Å². The van der Waals surface area contributed by atoms with Gasteiger partial charge in [0.05, 0.1) is 5.75 Å². The van der Waals surface area contributed by atoms with E-state index in [1.807, 2.05) is 35.8 Å². The number of anilines is 1. The zero-order valence-electron chi connectivity index (χ0n) is 21.6. The molecule has 0 aliphatic carbocycles. The largest absolute Gasteiger partial charge is 0.331 e. The number of aromatic nitrogens is 3. The molecule has 0 saturated carbocycles. The number of nitrogens with zero attached hydrogens (tertiary/aromatic N) is 3. The van der Waals surface area contributed by atoms with Gasteiger partial charge in [-0.15, -0.1) is 10.2 Å². The molecule has 0 bridgehead atoms. The highest BCUT2D eigenvalue weighted by Crippen LogP contribution is 2.30. The summed E-state index contributed by atoms with van der Waals surface area (Å²) >= 11 is 12.4. The van der Waals surface area contributed by atoms with Crippen molar-refractivity contribution in [2.45, 2.75) is 38.3 Å². The van der Waals surface area contributed by atoms with Crippen LogP contribution in [0.1, 0.15) is 31.9 Å². The molecule has 3 N–H and O–H groups in total. The smallest absolute Gasteiger partial charge is 0.248 e. The van der Waals surface area contributed by atoms with Crippen LogP contribution in [0.2, 0.25) is 5.02 Å². The summed E-state index contributed by atoms with van der Waals surface area (Å²) in [4.78, 5) is 12.6. The summed E-state index contributed by atoms with van der Waals surface area (Å²) in [5.41, 5.74) is 10.4. The van der Waals surface area contributed by atoms with Gasteiger partial charge in [0.15, 0.2) is 16.1 Å². The van der Waals surface area contributed by atoms with Gasteiger partial charge in [0.1, 0.15) is 0 Å². The number of thioether (sulfide) groups is 1. The average molecular weight is 565 g/mol. The van der Waals surface area contributed by atoms with Gasteiger partial charge < -0.3 is 5.32 Å². The number of thiocarbonyl (C=S) groups is 1. The summed E-state index contributed by atoms with van der Waals surface area (Å²) in [6.45, 7) is 8.60. The van der Waals surface area contributed by atoms with Crippen LogP contribution in [0, 0.1) is 6.92 Å². The summed E-state index contributed by atoms with van der Waals surface area (Å²) in [6, 6.07) is 23.6. The lowest BCUT2D eigenvalue weighted by Crippen LogP contribution is -2.44. The second kappa shape index (κ2) is 12.0. The molecule has 4 rings (SSSR count). The first-order valence-corrected chi connectivity index (χ1v) is 13.7. The van der Waals surface area contributed by atoms with E-state index in [1.54, 1.807) is 24.3 Å². The molecule has 0 atom stereocenters. The Morgan fingerprint density at radius 1 is 0.947 bits per heavy atom. The number of aryl methyl sites for hydroxylation is 1. The maximum absolute atomic E-state index is 12.6. The Balaban J connectivity index is 1.46. The number of halogens is 1. The predicted octanol–water partition coefficient (Wildman–Crippen LogP) is 6.30. The third kappa shape index (κ3) is 7.12. The maximum Gasteiger partial charge on any atom is 0.248 e. The van der Waals surface area contributed by atoms with Crippen LogP contribution in [0.3, 0.4) is 0 Å². The van der Waals surface area contributed by atoms with Crippen molar-refractivity contribution in [1.29, 1.82) is 0 Å². The summed E-state index contributed by atoms with van der Waals surface area (Å²) in [5, 5.41) is 13.4. The van der Waals surface area contributed by atoms with Crippen molar-refractivity contribution in [3.8, 4) is 17.1 Å². The van der Waals surface area contributed by atoms with Crippen molar-refractivity contribution >= 4 is 52.3 Å². The molecule has 1 amide bonds. The Morgan fingerprint density at radius 2 is 1.61 bits per heavy atom. The Bertz CT molecular complexity index is 1410. The molecule has 0 aliphatic rings. The molecule has 7 nitrogen and oxygen atoms in total. The van der Waals surface area contributed by atoms with Gasteiger partial charge >= 0.3 is 0 Å². The first kappa shape index (κ1) is 27.6. The van der Waals surface area contributed by atoms with Gasteiger partial charge in [-0.2, -0.15) is 0 Å². The van der Waals surface area contributed by atoms with Gasteiger partial charge in [0.25, 0.3) is 0 Å². The molecule has 0 saturated heterocycles. The molecule has 0 radical (unpaired) electrons.